The minimum atomic E-state index is -0.0652. The number of para-hydroxylation sites is 1. The zero-order chi connectivity index (χ0) is 22.2. The molecule has 3 heterocycles. The van der Waals surface area contributed by atoms with Gasteiger partial charge in [-0.05, 0) is 37.2 Å². The smallest absolute Gasteiger partial charge is 0.228 e. The zero-order valence-electron chi connectivity index (χ0n) is 18.8. The largest absolute Gasteiger partial charge is 0.497 e. The van der Waals surface area contributed by atoms with Crippen molar-refractivity contribution in [3.63, 3.8) is 0 Å². The molecule has 0 bridgehead atoms. The summed E-state index contributed by atoms with van der Waals surface area (Å²) in [5.41, 5.74) is 3.49. The molecule has 7 heteroatoms. The highest BCUT2D eigenvalue weighted by molar-refractivity contribution is 6.33. The molecule has 0 saturated carbocycles. The predicted octanol–water partition coefficient (Wildman–Crippen LogP) is 2.99. The molecule has 0 aliphatic carbocycles. The number of hydrogen-bond acceptors (Lipinski definition) is 5. The summed E-state index contributed by atoms with van der Waals surface area (Å²) in [7, 11) is 3.83. The van der Waals surface area contributed by atoms with Crippen LogP contribution in [-0.2, 0) is 11.2 Å². The van der Waals surface area contributed by atoms with Crippen LogP contribution >= 0.6 is 11.6 Å². The Morgan fingerprint density at radius 1 is 1.00 bits per heavy atom. The van der Waals surface area contributed by atoms with Gasteiger partial charge in [0.25, 0.3) is 0 Å². The number of halogens is 1. The van der Waals surface area contributed by atoms with Crippen molar-refractivity contribution in [3.8, 4) is 5.75 Å². The molecule has 0 aromatic heterocycles. The molecule has 0 spiro atoms. The van der Waals surface area contributed by atoms with Gasteiger partial charge in [0.15, 0.2) is 0 Å². The Bertz CT molecular complexity index is 992. The molecule has 0 unspecified atom stereocenters. The minimum absolute atomic E-state index is 0.0652. The topological polar surface area (TPSA) is 39.3 Å². The molecule has 0 radical (unpaired) electrons. The lowest BCUT2D eigenvalue weighted by Crippen LogP contribution is -2.62. The lowest BCUT2D eigenvalue weighted by atomic mass is 9.82. The average molecular weight is 455 g/mol. The van der Waals surface area contributed by atoms with E-state index < -0.39 is 0 Å². The van der Waals surface area contributed by atoms with E-state index in [4.69, 9.17) is 16.3 Å². The normalized spacial score (nSPS) is 23.5. The number of likely N-dealkylation sites (N-methyl/N-ethyl adjacent to an activating group) is 1. The van der Waals surface area contributed by atoms with Gasteiger partial charge in [0.2, 0.25) is 5.91 Å². The molecule has 2 saturated heterocycles. The Hall–Kier alpha value is -2.44. The second-order valence-electron chi connectivity index (χ2n) is 9.09. The number of ether oxygens (including phenoxy) is 1. The third-order valence-corrected chi connectivity index (χ3v) is 7.57. The van der Waals surface area contributed by atoms with Gasteiger partial charge in [-0.15, -0.1) is 0 Å². The molecule has 170 valence electrons. The first kappa shape index (κ1) is 21.4. The summed E-state index contributed by atoms with van der Waals surface area (Å²) < 4.78 is 5.51. The fourth-order valence-corrected chi connectivity index (χ4v) is 5.63. The molecular formula is C25H31ClN4O2. The van der Waals surface area contributed by atoms with E-state index in [1.54, 1.807) is 7.11 Å². The molecule has 3 aliphatic rings. The molecule has 6 nitrogen and oxygen atoms in total. The van der Waals surface area contributed by atoms with Crippen molar-refractivity contribution in [2.24, 2.45) is 5.92 Å². The number of fused-ring (bicyclic) bond motifs is 3. The second-order valence-corrected chi connectivity index (χ2v) is 9.50. The highest BCUT2D eigenvalue weighted by Gasteiger charge is 2.43. The summed E-state index contributed by atoms with van der Waals surface area (Å²) in [4.78, 5) is 22.9. The van der Waals surface area contributed by atoms with Crippen LogP contribution in [-0.4, -0.2) is 81.7 Å². The Morgan fingerprint density at radius 2 is 1.78 bits per heavy atom. The van der Waals surface area contributed by atoms with E-state index in [-0.39, 0.29) is 17.9 Å². The number of benzene rings is 2. The fourth-order valence-electron chi connectivity index (χ4n) is 5.38. The lowest BCUT2D eigenvalue weighted by Gasteiger charge is -2.50. The third kappa shape index (κ3) is 3.90. The molecule has 0 N–H and O–H groups in total. The first-order chi connectivity index (χ1) is 15.5. The van der Waals surface area contributed by atoms with Gasteiger partial charge in [-0.3, -0.25) is 4.79 Å². The maximum absolute atomic E-state index is 13.8. The quantitative estimate of drug-likeness (QED) is 0.713. The van der Waals surface area contributed by atoms with Crippen molar-refractivity contribution in [2.45, 2.75) is 12.5 Å². The van der Waals surface area contributed by atoms with Gasteiger partial charge < -0.3 is 24.3 Å². The van der Waals surface area contributed by atoms with Crippen molar-refractivity contribution in [2.75, 3.05) is 69.8 Å². The number of carbonyl (C=O) groups excluding carboxylic acids is 1. The summed E-state index contributed by atoms with van der Waals surface area (Å²) >= 11 is 6.54. The summed E-state index contributed by atoms with van der Waals surface area (Å²) in [5.74, 6) is 1.08. The van der Waals surface area contributed by atoms with Crippen LogP contribution in [0.15, 0.2) is 42.5 Å². The van der Waals surface area contributed by atoms with Gasteiger partial charge in [0.1, 0.15) is 5.75 Å². The Balaban J connectivity index is 1.47. The highest BCUT2D eigenvalue weighted by Crippen LogP contribution is 2.40. The standard InChI is InChI=1S/C25H31ClN4O2/c1-27-9-11-28(12-10-27)25(31)20-15-18-7-8-19(32-2)16-23(18)30-14-13-29(17-24(20)30)22-6-4-3-5-21(22)26/h3-8,16,20,24H,9-15,17H2,1-2H3/t20-,24-/m0/s1. The number of nitrogens with zero attached hydrogens (tertiary/aromatic N) is 4. The molecule has 2 fully saturated rings. The van der Waals surface area contributed by atoms with Gasteiger partial charge in [0, 0.05) is 57.6 Å². The molecular weight excluding hydrogens is 424 g/mol. The van der Waals surface area contributed by atoms with E-state index in [1.165, 1.54) is 11.3 Å². The van der Waals surface area contributed by atoms with Crippen molar-refractivity contribution in [1.29, 1.82) is 0 Å². The maximum Gasteiger partial charge on any atom is 0.228 e. The minimum Gasteiger partial charge on any atom is -0.497 e. The van der Waals surface area contributed by atoms with Crippen molar-refractivity contribution in [1.82, 2.24) is 9.80 Å². The van der Waals surface area contributed by atoms with Crippen molar-refractivity contribution >= 4 is 28.9 Å². The number of piperazine rings is 2. The fraction of sp³-hybridized carbons (Fsp3) is 0.480. The maximum atomic E-state index is 13.8. The van der Waals surface area contributed by atoms with Gasteiger partial charge >= 0.3 is 0 Å². The first-order valence-corrected chi connectivity index (χ1v) is 11.8. The molecule has 3 aliphatic heterocycles. The number of carbonyl (C=O) groups is 1. The van der Waals surface area contributed by atoms with Crippen LogP contribution in [0.1, 0.15) is 5.56 Å². The monoisotopic (exact) mass is 454 g/mol. The van der Waals surface area contributed by atoms with E-state index in [0.717, 1.165) is 68.7 Å². The molecule has 5 rings (SSSR count). The van der Waals surface area contributed by atoms with Crippen LogP contribution in [0.25, 0.3) is 0 Å². The van der Waals surface area contributed by atoms with Crippen molar-refractivity contribution in [3.05, 3.63) is 53.1 Å². The van der Waals surface area contributed by atoms with Gasteiger partial charge in [0.05, 0.1) is 29.8 Å². The Morgan fingerprint density at radius 3 is 2.53 bits per heavy atom. The van der Waals surface area contributed by atoms with E-state index in [2.05, 4.69) is 44.8 Å². The van der Waals surface area contributed by atoms with E-state index in [9.17, 15) is 4.79 Å². The van der Waals surface area contributed by atoms with Gasteiger partial charge in [-0.1, -0.05) is 29.8 Å². The molecule has 2 atom stereocenters. The van der Waals surface area contributed by atoms with Crippen LogP contribution in [0, 0.1) is 5.92 Å². The molecule has 1 amide bonds. The predicted molar refractivity (Wildman–Crippen MR) is 129 cm³/mol. The van der Waals surface area contributed by atoms with Gasteiger partial charge in [-0.2, -0.15) is 0 Å². The summed E-state index contributed by atoms with van der Waals surface area (Å²) in [6.07, 6.45) is 0.766. The van der Waals surface area contributed by atoms with Crippen LogP contribution in [0.3, 0.4) is 0 Å². The molecule has 32 heavy (non-hydrogen) atoms. The van der Waals surface area contributed by atoms with Crippen LogP contribution in [0.4, 0.5) is 11.4 Å². The van der Waals surface area contributed by atoms with Crippen molar-refractivity contribution < 1.29 is 9.53 Å². The SMILES string of the molecule is COc1ccc2c(c1)N1CCN(c3ccccc3Cl)C[C@H]1[C@@H](C(=O)N1CCN(C)CC1)C2. The number of hydrogen-bond donors (Lipinski definition) is 0. The zero-order valence-corrected chi connectivity index (χ0v) is 19.6. The van der Waals surface area contributed by atoms with E-state index >= 15 is 0 Å². The summed E-state index contributed by atoms with van der Waals surface area (Å²) in [6.45, 7) is 5.99. The Labute approximate surface area is 195 Å². The summed E-state index contributed by atoms with van der Waals surface area (Å²) in [6, 6.07) is 14.4. The number of amides is 1. The lowest BCUT2D eigenvalue weighted by molar-refractivity contribution is -0.138. The van der Waals surface area contributed by atoms with Gasteiger partial charge in [-0.25, -0.2) is 0 Å². The Kier molecular flexibility index (Phi) is 5.91. The molecule has 2 aromatic carbocycles. The second kappa shape index (κ2) is 8.83. The first-order valence-electron chi connectivity index (χ1n) is 11.5. The third-order valence-electron chi connectivity index (χ3n) is 7.25. The van der Waals surface area contributed by atoms with E-state index in [0.29, 0.717) is 0 Å². The molecule has 2 aromatic rings. The number of rotatable bonds is 3. The van der Waals surface area contributed by atoms with Crippen LogP contribution in [0.2, 0.25) is 5.02 Å². The summed E-state index contributed by atoms with van der Waals surface area (Å²) in [5, 5.41) is 0.765. The van der Waals surface area contributed by atoms with Crippen LogP contribution < -0.4 is 14.5 Å². The number of anilines is 2. The van der Waals surface area contributed by atoms with E-state index in [1.807, 2.05) is 24.3 Å². The highest BCUT2D eigenvalue weighted by atomic mass is 35.5. The number of methoxy groups -OCH3 is 1. The van der Waals surface area contributed by atoms with Crippen LogP contribution in [0.5, 0.6) is 5.75 Å². The average Bonchev–Trinajstić information content (AvgIpc) is 2.83.